The maximum Gasteiger partial charge on any atom is 0.337 e. The molecule has 0 aromatic carbocycles. The molecule has 0 spiro atoms. The summed E-state index contributed by atoms with van der Waals surface area (Å²) in [6, 6.07) is 0. The molecule has 1 unspecified atom stereocenters. The van der Waals surface area contributed by atoms with Gasteiger partial charge in [-0.05, 0) is 6.92 Å². The molecule has 3 atom stereocenters. The van der Waals surface area contributed by atoms with Crippen molar-refractivity contribution < 1.29 is 31.9 Å². The minimum absolute atomic E-state index is 0.396. The van der Waals surface area contributed by atoms with Crippen molar-refractivity contribution in [2.75, 3.05) is 0 Å². The van der Waals surface area contributed by atoms with Crippen LogP contribution in [0, 0.1) is 0 Å². The van der Waals surface area contributed by atoms with Gasteiger partial charge in [0, 0.05) is 0 Å². The molecule has 1 N–H and O–H groups in total. The van der Waals surface area contributed by atoms with Crippen molar-refractivity contribution in [3.63, 3.8) is 0 Å². The van der Waals surface area contributed by atoms with Gasteiger partial charge in [-0.1, -0.05) is 0 Å². The minimum Gasteiger partial charge on any atom is -0.479 e. The average molecular weight is 224 g/mol. The summed E-state index contributed by atoms with van der Waals surface area (Å²) in [5, 5.41) is 8.69. The van der Waals surface area contributed by atoms with Gasteiger partial charge in [-0.2, -0.15) is 4.21 Å². The predicted molar refractivity (Wildman–Crippen MR) is 40.9 cm³/mol. The third-order valence-corrected chi connectivity index (χ3v) is 2.58. The maximum absolute atomic E-state index is 10.8. The Bertz CT molecular complexity index is 273. The Morgan fingerprint density at radius 1 is 1.36 bits per heavy atom. The summed E-state index contributed by atoms with van der Waals surface area (Å²) in [7, 11) is 0. The zero-order chi connectivity index (χ0) is 10.3. The molecule has 2 fully saturated rings. The number of aliphatic carboxylic acids is 1. The zero-order valence-corrected chi connectivity index (χ0v) is 7.93. The fourth-order valence-electron chi connectivity index (χ4n) is 1.22. The topological polar surface area (TPSA) is 91.3 Å². The number of rotatable bonds is 2. The number of ether oxygens (including phenoxy) is 2. The van der Waals surface area contributed by atoms with E-state index in [-0.39, 0.29) is 0 Å². The van der Waals surface area contributed by atoms with Gasteiger partial charge in [0.1, 0.15) is 0 Å². The second-order valence-electron chi connectivity index (χ2n) is 2.83. The first-order valence-electron chi connectivity index (χ1n) is 3.87. The molecule has 2 aliphatic rings. The molecule has 0 radical (unpaired) electrons. The monoisotopic (exact) mass is 224 g/mol. The van der Waals surface area contributed by atoms with Gasteiger partial charge in [0.05, 0.1) is 0 Å². The van der Waals surface area contributed by atoms with Gasteiger partial charge >= 0.3 is 17.3 Å². The van der Waals surface area contributed by atoms with E-state index >= 15 is 0 Å². The van der Waals surface area contributed by atoms with Gasteiger partial charge in [0.15, 0.2) is 18.7 Å². The molecule has 0 aliphatic carbocycles. The summed E-state index contributed by atoms with van der Waals surface area (Å²) in [4.78, 5) is 10.6. The molecule has 0 saturated carbocycles. The van der Waals surface area contributed by atoms with E-state index in [9.17, 15) is 9.00 Å². The Kier molecular flexibility index (Phi) is 2.54. The number of hydrogen-bond donors (Lipinski definition) is 1. The molecule has 0 amide bonds. The van der Waals surface area contributed by atoms with Crippen LogP contribution in [0.1, 0.15) is 6.92 Å². The summed E-state index contributed by atoms with van der Waals surface area (Å²) in [5.41, 5.74) is 0. The van der Waals surface area contributed by atoms with E-state index < -0.39 is 42.1 Å². The lowest BCUT2D eigenvalue weighted by Crippen LogP contribution is -2.52. The van der Waals surface area contributed by atoms with Crippen LogP contribution in [-0.2, 0) is 34.0 Å². The highest BCUT2D eigenvalue weighted by atomic mass is 32.2. The fraction of sp³-hybridized carbons (Fsp3) is 0.833. The first kappa shape index (κ1) is 9.99. The van der Waals surface area contributed by atoms with Gasteiger partial charge < -0.3 is 14.6 Å². The Morgan fingerprint density at radius 3 is 2.50 bits per heavy atom. The lowest BCUT2D eigenvalue weighted by atomic mass is 10.2. The molecular weight excluding hydrogens is 216 g/mol. The second-order valence-corrected chi connectivity index (χ2v) is 3.62. The fourth-order valence-corrected chi connectivity index (χ4v) is 2.00. The molecule has 2 heterocycles. The first-order chi connectivity index (χ1) is 6.58. The predicted octanol–water partition coefficient (Wildman–Crippen LogP) is -0.847. The van der Waals surface area contributed by atoms with Crippen LogP contribution < -0.4 is 0 Å². The van der Waals surface area contributed by atoms with Crippen molar-refractivity contribution >= 4 is 17.3 Å². The Morgan fingerprint density at radius 2 is 2.00 bits per heavy atom. The summed E-state index contributed by atoms with van der Waals surface area (Å²) in [6.07, 6.45) is -3.51. The molecular formula is C6H8O7S. The molecule has 0 aromatic rings. The van der Waals surface area contributed by atoms with Gasteiger partial charge in [-0.15, -0.1) is 0 Å². The van der Waals surface area contributed by atoms with Gasteiger partial charge in [-0.3, -0.25) is 8.37 Å². The van der Waals surface area contributed by atoms with E-state index in [1.54, 1.807) is 6.92 Å². The molecule has 80 valence electrons. The van der Waals surface area contributed by atoms with Crippen LogP contribution in [0.2, 0.25) is 0 Å². The molecule has 14 heavy (non-hydrogen) atoms. The minimum atomic E-state index is -2.04. The summed E-state index contributed by atoms with van der Waals surface area (Å²) >= 11 is -2.04. The largest absolute Gasteiger partial charge is 0.479 e. The quantitative estimate of drug-likeness (QED) is 0.653. The van der Waals surface area contributed by atoms with Crippen molar-refractivity contribution in [2.24, 2.45) is 0 Å². The normalized spacial score (nSPS) is 47.4. The van der Waals surface area contributed by atoms with Crippen LogP contribution >= 0.6 is 0 Å². The molecule has 2 rings (SSSR count). The van der Waals surface area contributed by atoms with E-state index in [1.807, 2.05) is 0 Å². The van der Waals surface area contributed by atoms with Crippen molar-refractivity contribution in [1.29, 1.82) is 0 Å². The number of carboxylic acid groups (broad SMARTS) is 1. The lowest BCUT2D eigenvalue weighted by Gasteiger charge is -2.36. The van der Waals surface area contributed by atoms with Crippen LogP contribution in [-0.4, -0.2) is 40.1 Å². The summed E-state index contributed by atoms with van der Waals surface area (Å²) in [5.74, 6) is -1.26. The van der Waals surface area contributed by atoms with E-state index in [4.69, 9.17) is 18.8 Å². The highest BCUT2D eigenvalue weighted by Gasteiger charge is 2.50. The first-order valence-corrected chi connectivity index (χ1v) is 4.87. The molecule has 8 heteroatoms. The number of carboxylic acids is 1. The van der Waals surface area contributed by atoms with Crippen molar-refractivity contribution in [3.8, 4) is 0 Å². The van der Waals surface area contributed by atoms with Gasteiger partial charge in [0.2, 0.25) is 6.10 Å². The SMILES string of the molecule is CC1OC([C@H]2OS(=O)O[C@@H]2C(=O)O)O1. The van der Waals surface area contributed by atoms with Crippen LogP contribution in [0.25, 0.3) is 0 Å². The van der Waals surface area contributed by atoms with Crippen LogP contribution in [0.15, 0.2) is 0 Å². The smallest absolute Gasteiger partial charge is 0.337 e. The summed E-state index contributed by atoms with van der Waals surface area (Å²) in [6.45, 7) is 1.65. The zero-order valence-electron chi connectivity index (χ0n) is 7.11. The second kappa shape index (κ2) is 3.55. The van der Waals surface area contributed by atoms with Gasteiger partial charge in [-0.25, -0.2) is 4.79 Å². The van der Waals surface area contributed by atoms with E-state index in [1.165, 1.54) is 0 Å². The van der Waals surface area contributed by atoms with Crippen LogP contribution in [0.5, 0.6) is 0 Å². The van der Waals surface area contributed by atoms with Crippen molar-refractivity contribution in [3.05, 3.63) is 0 Å². The summed E-state index contributed by atoms with van der Waals surface area (Å²) < 4.78 is 30.1. The molecule has 2 aliphatic heterocycles. The van der Waals surface area contributed by atoms with Crippen LogP contribution in [0.3, 0.4) is 0 Å². The number of carbonyl (C=O) groups is 1. The maximum atomic E-state index is 10.8. The average Bonchev–Trinajstić information content (AvgIpc) is 2.41. The van der Waals surface area contributed by atoms with E-state index in [0.29, 0.717) is 0 Å². The van der Waals surface area contributed by atoms with E-state index in [2.05, 4.69) is 4.18 Å². The highest BCUT2D eigenvalue weighted by Crippen LogP contribution is 2.29. The van der Waals surface area contributed by atoms with E-state index in [0.717, 1.165) is 0 Å². The highest BCUT2D eigenvalue weighted by molar-refractivity contribution is 7.75. The Labute approximate surface area is 81.8 Å². The lowest BCUT2D eigenvalue weighted by molar-refractivity contribution is -0.396. The number of hydrogen-bond acceptors (Lipinski definition) is 6. The third-order valence-electron chi connectivity index (χ3n) is 1.83. The van der Waals surface area contributed by atoms with Gasteiger partial charge in [0.25, 0.3) is 0 Å². The Balaban J connectivity index is 2.02. The van der Waals surface area contributed by atoms with Crippen LogP contribution in [0.4, 0.5) is 0 Å². The third kappa shape index (κ3) is 1.66. The Hall–Kier alpha value is -0.540. The van der Waals surface area contributed by atoms with Crippen molar-refractivity contribution in [2.45, 2.75) is 31.7 Å². The molecule has 0 bridgehead atoms. The molecule has 7 nitrogen and oxygen atoms in total. The molecule has 2 saturated heterocycles. The standard InChI is InChI=1S/C6H8O7S/c1-2-10-6(11-2)4-3(5(7)8)12-14(9)13-4/h2-4,6H,1H3,(H,7,8)/t2?,3-,4-,6?,14?/m0/s1. The molecule has 0 aromatic heterocycles. The van der Waals surface area contributed by atoms with Crippen molar-refractivity contribution in [1.82, 2.24) is 0 Å².